The molecule has 8 N–H and O–H groups in total. The molecule has 1 rings (SSSR count). The van der Waals surface area contributed by atoms with E-state index in [0.29, 0.717) is 6.29 Å². The average molecular weight is 388 g/mol. The number of carbonyl (C=O) groups excluding carboxylic acids is 3. The summed E-state index contributed by atoms with van der Waals surface area (Å²) in [5, 5.41) is 21.8. The fraction of sp³-hybridized carbons (Fsp3) is 0.500. The number of nitrogens with one attached hydrogen (secondary N) is 2. The lowest BCUT2D eigenvalue weighted by molar-refractivity contribution is -0.139. The molecule has 0 radical (unpaired) electrons. The molecule has 0 spiro atoms. The third-order valence-electron chi connectivity index (χ3n) is 3.54. The number of hydrogen-bond donors (Lipinski definition) is 6. The van der Waals surface area contributed by atoms with E-state index in [-0.39, 0.29) is 36.3 Å². The van der Waals surface area contributed by atoms with Crippen molar-refractivity contribution in [2.75, 3.05) is 5.75 Å². The number of carbonyl (C=O) groups is 5. The number of nitrogens with two attached hydrogens (primary N) is 2. The number of rotatable bonds is 10. The minimum absolute atomic E-state index is 0.0240. The van der Waals surface area contributed by atoms with E-state index in [1.54, 1.807) is 0 Å². The summed E-state index contributed by atoms with van der Waals surface area (Å²) in [4.78, 5) is 56.3. The Morgan fingerprint density at radius 1 is 1.35 bits per heavy atom. The maximum Gasteiger partial charge on any atom is 0.352 e. The number of carboxylic acid groups (broad SMARTS) is 2. The van der Waals surface area contributed by atoms with Crippen molar-refractivity contribution >= 4 is 41.8 Å². The monoisotopic (exact) mass is 388 g/mol. The third-order valence-corrected chi connectivity index (χ3v) is 4.77. The van der Waals surface area contributed by atoms with Crippen molar-refractivity contribution in [3.8, 4) is 0 Å². The van der Waals surface area contributed by atoms with E-state index in [0.717, 1.165) is 11.8 Å². The zero-order valence-electron chi connectivity index (χ0n) is 13.6. The highest BCUT2D eigenvalue weighted by molar-refractivity contribution is 8.00. The Bertz CT molecular complexity index is 637. The van der Waals surface area contributed by atoms with Crippen LogP contribution >= 0.6 is 11.8 Å². The van der Waals surface area contributed by atoms with Gasteiger partial charge in [0.2, 0.25) is 11.8 Å². The first kappa shape index (κ1) is 21.4. The largest absolute Gasteiger partial charge is 0.480 e. The average Bonchev–Trinajstić information content (AvgIpc) is 2.58. The normalized spacial score (nSPS) is 19.0. The van der Waals surface area contributed by atoms with Crippen molar-refractivity contribution in [3.05, 3.63) is 11.3 Å². The van der Waals surface area contributed by atoms with Gasteiger partial charge in [-0.3, -0.25) is 19.2 Å². The molecule has 144 valence electrons. The maximum atomic E-state index is 12.0. The van der Waals surface area contributed by atoms with Gasteiger partial charge in [-0.05, 0) is 12.8 Å². The molecule has 0 fully saturated rings. The lowest BCUT2D eigenvalue weighted by Crippen LogP contribution is -2.56. The van der Waals surface area contributed by atoms with Gasteiger partial charge in [0.1, 0.15) is 29.4 Å². The Balaban J connectivity index is 2.69. The molecule has 3 atom stereocenters. The van der Waals surface area contributed by atoms with Crippen LogP contribution in [0.15, 0.2) is 11.3 Å². The number of hydrogen-bond acceptors (Lipinski definition) is 8. The van der Waals surface area contributed by atoms with Crippen LogP contribution in [0.1, 0.15) is 19.3 Å². The highest BCUT2D eigenvalue weighted by Crippen LogP contribution is 2.23. The first-order valence-corrected chi connectivity index (χ1v) is 8.59. The van der Waals surface area contributed by atoms with E-state index in [9.17, 15) is 24.0 Å². The fourth-order valence-electron chi connectivity index (χ4n) is 2.15. The molecule has 1 aliphatic rings. The van der Waals surface area contributed by atoms with E-state index in [2.05, 4.69) is 10.6 Å². The van der Waals surface area contributed by atoms with Crippen LogP contribution in [0.25, 0.3) is 0 Å². The van der Waals surface area contributed by atoms with Gasteiger partial charge < -0.3 is 32.3 Å². The van der Waals surface area contributed by atoms with Gasteiger partial charge in [-0.25, -0.2) is 4.79 Å². The van der Waals surface area contributed by atoms with Gasteiger partial charge in [0, 0.05) is 17.7 Å². The number of amides is 2. The van der Waals surface area contributed by atoms with Crippen molar-refractivity contribution in [1.29, 1.82) is 0 Å². The third kappa shape index (κ3) is 6.04. The number of carboxylic acids is 2. The minimum atomic E-state index is -1.37. The van der Waals surface area contributed by atoms with Gasteiger partial charge in [-0.2, -0.15) is 0 Å². The lowest BCUT2D eigenvalue weighted by Gasteiger charge is -2.30. The van der Waals surface area contributed by atoms with Crippen molar-refractivity contribution in [3.63, 3.8) is 0 Å². The van der Waals surface area contributed by atoms with Crippen LogP contribution in [-0.4, -0.2) is 63.5 Å². The molecular weight excluding hydrogens is 368 g/mol. The summed E-state index contributed by atoms with van der Waals surface area (Å²) in [7, 11) is 0. The van der Waals surface area contributed by atoms with Crippen molar-refractivity contribution < 1.29 is 34.2 Å². The molecule has 0 bridgehead atoms. The summed E-state index contributed by atoms with van der Waals surface area (Å²) in [6.45, 7) is 0. The van der Waals surface area contributed by atoms with Gasteiger partial charge in [0.05, 0.1) is 0 Å². The molecule has 1 aliphatic heterocycles. The molecule has 0 aromatic heterocycles. The molecule has 1 heterocycles. The zero-order chi connectivity index (χ0) is 19.9. The van der Waals surface area contributed by atoms with Crippen LogP contribution in [0.3, 0.4) is 0 Å². The van der Waals surface area contributed by atoms with E-state index in [4.69, 9.17) is 21.7 Å². The van der Waals surface area contributed by atoms with Gasteiger partial charge in [-0.15, -0.1) is 11.8 Å². The molecule has 12 heteroatoms. The van der Waals surface area contributed by atoms with Gasteiger partial charge >= 0.3 is 11.9 Å². The molecule has 0 aromatic carbocycles. The van der Waals surface area contributed by atoms with Crippen molar-refractivity contribution in [1.82, 2.24) is 10.6 Å². The standard InChI is InChI=1S/C14H20N4O7S/c15-7(13(22)23)2-1-3-8(20)17-10(11(16)21)12-18-9(14(24)25)6(4-19)5-26-12/h4,7,10,12,18H,1-3,5,15H2,(H2,16,21)(H,17,20)(H,22,23)(H,24,25)/t7-,10-,12-/m1/s1. The van der Waals surface area contributed by atoms with Gasteiger partial charge in [-0.1, -0.05) is 0 Å². The molecule has 26 heavy (non-hydrogen) atoms. The van der Waals surface area contributed by atoms with E-state index < -0.39 is 41.2 Å². The number of thioether (sulfide) groups is 1. The first-order chi connectivity index (χ1) is 12.2. The Kier molecular flexibility index (Phi) is 8.06. The summed E-state index contributed by atoms with van der Waals surface area (Å²) < 4.78 is 0. The Morgan fingerprint density at radius 2 is 2.00 bits per heavy atom. The molecule has 0 unspecified atom stereocenters. The second-order valence-electron chi connectivity index (χ2n) is 5.48. The van der Waals surface area contributed by atoms with E-state index >= 15 is 0 Å². The fourth-order valence-corrected chi connectivity index (χ4v) is 3.31. The van der Waals surface area contributed by atoms with Crippen LogP contribution in [0.4, 0.5) is 0 Å². The molecule has 0 aromatic rings. The highest BCUT2D eigenvalue weighted by atomic mass is 32.2. The predicted molar refractivity (Wildman–Crippen MR) is 90.7 cm³/mol. The number of primary amides is 1. The molecule has 0 saturated heterocycles. The highest BCUT2D eigenvalue weighted by Gasteiger charge is 2.34. The molecule has 11 nitrogen and oxygen atoms in total. The quantitative estimate of drug-likeness (QED) is 0.222. The lowest BCUT2D eigenvalue weighted by atomic mass is 10.1. The number of aliphatic carboxylic acids is 2. The van der Waals surface area contributed by atoms with Crippen LogP contribution in [0.2, 0.25) is 0 Å². The summed E-state index contributed by atoms with van der Waals surface area (Å²) in [5.41, 5.74) is 10.3. The topological polar surface area (TPSA) is 202 Å². The Labute approximate surface area is 152 Å². The maximum absolute atomic E-state index is 12.0. The first-order valence-electron chi connectivity index (χ1n) is 7.54. The molecular formula is C14H20N4O7S. The Morgan fingerprint density at radius 3 is 2.50 bits per heavy atom. The second-order valence-corrected chi connectivity index (χ2v) is 6.61. The van der Waals surface area contributed by atoms with Crippen molar-refractivity contribution in [2.24, 2.45) is 11.5 Å². The molecule has 2 amide bonds. The summed E-state index contributed by atoms with van der Waals surface area (Å²) in [5.74, 6) is -3.95. The predicted octanol–water partition coefficient (Wildman–Crippen LogP) is -2.26. The number of aldehydes is 1. The smallest absolute Gasteiger partial charge is 0.352 e. The van der Waals surface area contributed by atoms with Gasteiger partial charge in [0.15, 0.2) is 0 Å². The van der Waals surface area contributed by atoms with Gasteiger partial charge in [0.25, 0.3) is 0 Å². The van der Waals surface area contributed by atoms with Crippen LogP contribution in [0.5, 0.6) is 0 Å². The second kappa shape index (κ2) is 9.77. The molecule has 0 saturated carbocycles. The summed E-state index contributed by atoms with van der Waals surface area (Å²) >= 11 is 1.05. The van der Waals surface area contributed by atoms with Crippen LogP contribution < -0.4 is 22.1 Å². The molecule has 0 aliphatic carbocycles. The SMILES string of the molecule is NC(=O)[C@@H](NC(=O)CCC[C@@H](N)C(=O)O)[C@@H]1NC(C(=O)O)=C(C=O)CS1. The summed E-state index contributed by atoms with van der Waals surface area (Å²) in [6, 6.07) is -2.31. The summed E-state index contributed by atoms with van der Waals surface area (Å²) in [6.07, 6.45) is 0.590. The van der Waals surface area contributed by atoms with Crippen LogP contribution in [0, 0.1) is 0 Å². The van der Waals surface area contributed by atoms with Crippen molar-refractivity contribution in [2.45, 2.75) is 36.7 Å². The Hall–Kier alpha value is -2.60. The van der Waals surface area contributed by atoms with Crippen LogP contribution in [-0.2, 0) is 24.0 Å². The zero-order valence-corrected chi connectivity index (χ0v) is 14.5. The van der Waals surface area contributed by atoms with E-state index in [1.807, 2.05) is 0 Å². The minimum Gasteiger partial charge on any atom is -0.480 e. The van der Waals surface area contributed by atoms with E-state index in [1.165, 1.54) is 0 Å².